The molecule has 6 heteroatoms. The maximum atomic E-state index is 12.5. The molecule has 0 fully saturated rings. The summed E-state index contributed by atoms with van der Waals surface area (Å²) >= 11 is 5.97. The number of rotatable bonds is 5. The Balaban J connectivity index is 1.72. The molecule has 26 heavy (non-hydrogen) atoms. The van der Waals surface area contributed by atoms with Gasteiger partial charge in [0.05, 0.1) is 18.4 Å². The predicted octanol–water partition coefficient (Wildman–Crippen LogP) is 5.05. The monoisotopic (exact) mass is 367 g/mol. The van der Waals surface area contributed by atoms with Crippen LogP contribution in [0.4, 0.5) is 17.2 Å². The quantitative estimate of drug-likeness (QED) is 0.662. The van der Waals surface area contributed by atoms with Crippen molar-refractivity contribution in [2.75, 3.05) is 17.7 Å². The van der Waals surface area contributed by atoms with Crippen molar-refractivity contribution in [3.05, 3.63) is 76.9 Å². The van der Waals surface area contributed by atoms with Crippen LogP contribution in [0.5, 0.6) is 5.75 Å². The number of hydrogen-bond donors (Lipinski definition) is 2. The van der Waals surface area contributed by atoms with Gasteiger partial charge in [-0.2, -0.15) is 0 Å². The molecule has 0 saturated carbocycles. The molecule has 3 aromatic rings. The van der Waals surface area contributed by atoms with Crippen molar-refractivity contribution >= 4 is 34.7 Å². The molecule has 1 amide bonds. The molecule has 0 atom stereocenters. The Bertz CT molecular complexity index is 927. The van der Waals surface area contributed by atoms with Crippen LogP contribution in [0.2, 0.25) is 5.02 Å². The van der Waals surface area contributed by atoms with E-state index in [0.717, 1.165) is 11.3 Å². The first-order valence-electron chi connectivity index (χ1n) is 8.00. The number of hydrogen-bond acceptors (Lipinski definition) is 4. The van der Waals surface area contributed by atoms with Gasteiger partial charge < -0.3 is 15.4 Å². The van der Waals surface area contributed by atoms with E-state index in [1.807, 2.05) is 37.3 Å². The van der Waals surface area contributed by atoms with E-state index in [-0.39, 0.29) is 5.91 Å². The van der Waals surface area contributed by atoms with Gasteiger partial charge in [-0.3, -0.25) is 4.79 Å². The summed E-state index contributed by atoms with van der Waals surface area (Å²) in [5.74, 6) is 0.976. The van der Waals surface area contributed by atoms with Crippen LogP contribution in [-0.4, -0.2) is 18.0 Å². The third-order valence-electron chi connectivity index (χ3n) is 3.73. The van der Waals surface area contributed by atoms with E-state index < -0.39 is 0 Å². The normalized spacial score (nSPS) is 10.3. The molecule has 1 heterocycles. The van der Waals surface area contributed by atoms with Gasteiger partial charge in [0.1, 0.15) is 11.6 Å². The van der Waals surface area contributed by atoms with Gasteiger partial charge >= 0.3 is 0 Å². The molecule has 0 bridgehead atoms. The Kier molecular flexibility index (Phi) is 5.39. The zero-order valence-electron chi connectivity index (χ0n) is 14.4. The number of aryl methyl sites for hydroxylation is 1. The number of amides is 1. The molecule has 2 aromatic carbocycles. The molecule has 3 rings (SSSR count). The number of carbonyl (C=O) groups is 1. The highest BCUT2D eigenvalue weighted by Gasteiger charge is 2.10. The number of halogens is 1. The van der Waals surface area contributed by atoms with Gasteiger partial charge in [-0.15, -0.1) is 0 Å². The lowest BCUT2D eigenvalue weighted by Gasteiger charge is -2.11. The van der Waals surface area contributed by atoms with Crippen LogP contribution in [0.15, 0.2) is 60.8 Å². The van der Waals surface area contributed by atoms with Crippen LogP contribution in [-0.2, 0) is 0 Å². The summed E-state index contributed by atoms with van der Waals surface area (Å²) in [5.41, 5.74) is 2.93. The Morgan fingerprint density at radius 3 is 2.65 bits per heavy atom. The molecule has 5 nitrogen and oxygen atoms in total. The lowest BCUT2D eigenvalue weighted by molar-refractivity contribution is 0.102. The number of aromatic nitrogens is 1. The van der Waals surface area contributed by atoms with Crippen molar-refractivity contribution in [3.8, 4) is 5.75 Å². The predicted molar refractivity (Wildman–Crippen MR) is 105 cm³/mol. The highest BCUT2D eigenvalue weighted by atomic mass is 35.5. The molecule has 0 aliphatic heterocycles. The molecule has 132 valence electrons. The van der Waals surface area contributed by atoms with Gasteiger partial charge in [-0.05, 0) is 55.0 Å². The largest absolute Gasteiger partial charge is 0.495 e. The highest BCUT2D eigenvalue weighted by molar-refractivity contribution is 6.30. The first-order chi connectivity index (χ1) is 12.5. The number of anilines is 3. The third kappa shape index (κ3) is 4.32. The summed E-state index contributed by atoms with van der Waals surface area (Å²) < 4.78 is 5.28. The van der Waals surface area contributed by atoms with Crippen LogP contribution in [0.25, 0.3) is 0 Å². The summed E-state index contributed by atoms with van der Waals surface area (Å²) in [5, 5.41) is 6.63. The van der Waals surface area contributed by atoms with Crippen molar-refractivity contribution < 1.29 is 9.53 Å². The van der Waals surface area contributed by atoms with Crippen LogP contribution in [0.3, 0.4) is 0 Å². The van der Waals surface area contributed by atoms with Gasteiger partial charge in [-0.25, -0.2) is 4.98 Å². The molecule has 2 N–H and O–H groups in total. The van der Waals surface area contributed by atoms with Gasteiger partial charge in [0.25, 0.3) is 5.91 Å². The smallest absolute Gasteiger partial charge is 0.257 e. The number of benzene rings is 2. The highest BCUT2D eigenvalue weighted by Crippen LogP contribution is 2.26. The second kappa shape index (κ2) is 7.89. The first kappa shape index (κ1) is 17.8. The van der Waals surface area contributed by atoms with Gasteiger partial charge in [0.2, 0.25) is 0 Å². The molecular formula is C20H18ClN3O2. The van der Waals surface area contributed by atoms with E-state index in [9.17, 15) is 4.79 Å². The zero-order valence-corrected chi connectivity index (χ0v) is 15.2. The zero-order chi connectivity index (χ0) is 18.5. The minimum atomic E-state index is -0.254. The number of nitrogens with zero attached hydrogens (tertiary/aromatic N) is 1. The Labute approximate surface area is 157 Å². The maximum absolute atomic E-state index is 12.5. The van der Waals surface area contributed by atoms with E-state index >= 15 is 0 Å². The molecule has 0 aliphatic carbocycles. The van der Waals surface area contributed by atoms with Crippen LogP contribution in [0, 0.1) is 6.92 Å². The average molecular weight is 368 g/mol. The Hall–Kier alpha value is -3.05. The number of nitrogens with one attached hydrogen (secondary N) is 2. The Morgan fingerprint density at radius 2 is 1.96 bits per heavy atom. The average Bonchev–Trinajstić information content (AvgIpc) is 2.62. The summed E-state index contributed by atoms with van der Waals surface area (Å²) in [6.45, 7) is 1.95. The van der Waals surface area contributed by atoms with Crippen molar-refractivity contribution in [2.24, 2.45) is 0 Å². The van der Waals surface area contributed by atoms with E-state index in [1.165, 1.54) is 6.20 Å². The topological polar surface area (TPSA) is 63.2 Å². The van der Waals surface area contributed by atoms with Crippen molar-refractivity contribution in [3.63, 3.8) is 0 Å². The molecule has 0 spiro atoms. The van der Waals surface area contributed by atoms with Crippen LogP contribution < -0.4 is 15.4 Å². The van der Waals surface area contributed by atoms with E-state index in [1.54, 1.807) is 31.4 Å². The van der Waals surface area contributed by atoms with E-state index in [2.05, 4.69) is 15.6 Å². The molecule has 0 saturated heterocycles. The molecular weight excluding hydrogens is 350 g/mol. The second-order valence-electron chi connectivity index (χ2n) is 5.73. The molecule has 0 unspecified atom stereocenters. The lowest BCUT2D eigenvalue weighted by atomic mass is 10.2. The standard InChI is InChI=1S/C20H18ClN3O2/c1-13-6-8-18(26-2)17(10-13)24-20(25)14-7-9-19(22-12-14)23-16-5-3-4-15(21)11-16/h3-12H,1-2H3,(H,22,23)(H,24,25). The molecule has 1 aromatic heterocycles. The van der Waals surface area contributed by atoms with Crippen molar-refractivity contribution in [1.82, 2.24) is 4.98 Å². The van der Waals surface area contributed by atoms with Crippen LogP contribution in [0.1, 0.15) is 15.9 Å². The van der Waals surface area contributed by atoms with E-state index in [0.29, 0.717) is 27.8 Å². The summed E-state index contributed by atoms with van der Waals surface area (Å²) in [6, 6.07) is 16.4. The van der Waals surface area contributed by atoms with Crippen molar-refractivity contribution in [1.29, 1.82) is 0 Å². The Morgan fingerprint density at radius 1 is 1.12 bits per heavy atom. The number of carbonyl (C=O) groups excluding carboxylic acids is 1. The molecule has 0 radical (unpaired) electrons. The van der Waals surface area contributed by atoms with Gasteiger partial charge in [0, 0.05) is 16.9 Å². The maximum Gasteiger partial charge on any atom is 0.257 e. The van der Waals surface area contributed by atoms with E-state index in [4.69, 9.17) is 16.3 Å². The first-order valence-corrected chi connectivity index (χ1v) is 8.37. The fourth-order valence-corrected chi connectivity index (χ4v) is 2.62. The fourth-order valence-electron chi connectivity index (χ4n) is 2.43. The minimum Gasteiger partial charge on any atom is -0.495 e. The fraction of sp³-hybridized carbons (Fsp3) is 0.100. The SMILES string of the molecule is COc1ccc(C)cc1NC(=O)c1ccc(Nc2cccc(Cl)c2)nc1. The summed E-state index contributed by atoms with van der Waals surface area (Å²) in [6.07, 6.45) is 1.52. The lowest BCUT2D eigenvalue weighted by Crippen LogP contribution is -2.13. The van der Waals surface area contributed by atoms with Gasteiger partial charge in [0.15, 0.2) is 0 Å². The van der Waals surface area contributed by atoms with Gasteiger partial charge in [-0.1, -0.05) is 23.7 Å². The second-order valence-corrected chi connectivity index (χ2v) is 6.16. The number of ether oxygens (including phenoxy) is 1. The summed E-state index contributed by atoms with van der Waals surface area (Å²) in [7, 11) is 1.57. The van der Waals surface area contributed by atoms with Crippen LogP contribution >= 0.6 is 11.6 Å². The molecule has 0 aliphatic rings. The third-order valence-corrected chi connectivity index (χ3v) is 3.96. The van der Waals surface area contributed by atoms with Crippen molar-refractivity contribution in [2.45, 2.75) is 6.92 Å². The number of methoxy groups -OCH3 is 1. The minimum absolute atomic E-state index is 0.254. The summed E-state index contributed by atoms with van der Waals surface area (Å²) in [4.78, 5) is 16.7. The number of pyridine rings is 1.